The number of hydrogen-bond donors (Lipinski definition) is 0. The molecule has 0 saturated carbocycles. The van der Waals surface area contributed by atoms with Crippen molar-refractivity contribution in [3.63, 3.8) is 0 Å². The van der Waals surface area contributed by atoms with Gasteiger partial charge in [0.2, 0.25) is 0 Å². The highest BCUT2D eigenvalue weighted by Gasteiger charge is 2.08. The van der Waals surface area contributed by atoms with Crippen LogP contribution in [0.1, 0.15) is 51.0 Å². The minimum Gasteiger partial charge on any atom is -0.494 e. The van der Waals surface area contributed by atoms with Gasteiger partial charge >= 0.3 is 0 Å². The van der Waals surface area contributed by atoms with Crippen LogP contribution in [0.15, 0.2) is 48.5 Å². The predicted molar refractivity (Wildman–Crippen MR) is 114 cm³/mol. The van der Waals surface area contributed by atoms with Gasteiger partial charge in [0.1, 0.15) is 15.8 Å². The highest BCUT2D eigenvalue weighted by atomic mass is 32.1. The summed E-state index contributed by atoms with van der Waals surface area (Å²) in [4.78, 5) is 0. The van der Waals surface area contributed by atoms with Crippen LogP contribution in [0.25, 0.3) is 21.1 Å². The fourth-order valence-corrected chi connectivity index (χ4v) is 3.77. The summed E-state index contributed by atoms with van der Waals surface area (Å²) in [6.07, 6.45) is 7.68. The van der Waals surface area contributed by atoms with Crippen LogP contribution in [-0.2, 0) is 0 Å². The average Bonchev–Trinajstić information content (AvgIpc) is 3.18. The molecule has 0 aliphatic rings. The standard InChI is InChI=1S/C23H28N2OS/c1-3-4-5-6-7-8-17-26-21-15-13-20(14-16-21)23-25-24-22(27-23)19-11-9-18(2)10-12-19/h9-16H,3-8,17H2,1-2H3. The molecular formula is C23H28N2OS. The number of rotatable bonds is 10. The molecule has 3 aromatic rings. The molecule has 1 heterocycles. The molecule has 0 aliphatic heterocycles. The minimum absolute atomic E-state index is 0.794. The molecule has 0 aliphatic carbocycles. The molecule has 27 heavy (non-hydrogen) atoms. The summed E-state index contributed by atoms with van der Waals surface area (Å²) in [6.45, 7) is 5.13. The Morgan fingerprint density at radius 1 is 0.741 bits per heavy atom. The van der Waals surface area contributed by atoms with E-state index in [9.17, 15) is 0 Å². The monoisotopic (exact) mass is 380 g/mol. The Morgan fingerprint density at radius 2 is 1.30 bits per heavy atom. The molecule has 0 unspecified atom stereocenters. The van der Waals surface area contributed by atoms with Crippen molar-refractivity contribution in [1.82, 2.24) is 10.2 Å². The maximum atomic E-state index is 5.86. The lowest BCUT2D eigenvalue weighted by atomic mass is 10.1. The van der Waals surface area contributed by atoms with Gasteiger partial charge in [-0.15, -0.1) is 10.2 Å². The molecule has 0 atom stereocenters. The fraction of sp³-hybridized carbons (Fsp3) is 0.391. The number of nitrogens with zero attached hydrogens (tertiary/aromatic N) is 2. The third-order valence-electron chi connectivity index (χ3n) is 4.59. The Morgan fingerprint density at radius 3 is 1.93 bits per heavy atom. The van der Waals surface area contributed by atoms with Crippen molar-refractivity contribution >= 4 is 11.3 Å². The zero-order valence-electron chi connectivity index (χ0n) is 16.3. The largest absolute Gasteiger partial charge is 0.494 e. The van der Waals surface area contributed by atoms with Crippen LogP contribution in [0, 0.1) is 6.92 Å². The van der Waals surface area contributed by atoms with Crippen LogP contribution in [0.3, 0.4) is 0 Å². The van der Waals surface area contributed by atoms with E-state index >= 15 is 0 Å². The molecule has 0 amide bonds. The molecule has 4 heteroatoms. The minimum atomic E-state index is 0.794. The molecule has 0 bridgehead atoms. The van der Waals surface area contributed by atoms with Crippen LogP contribution in [-0.4, -0.2) is 16.8 Å². The van der Waals surface area contributed by atoms with Crippen molar-refractivity contribution in [2.75, 3.05) is 6.61 Å². The summed E-state index contributed by atoms with van der Waals surface area (Å²) in [5, 5.41) is 10.6. The molecule has 2 aromatic carbocycles. The van der Waals surface area contributed by atoms with Crippen molar-refractivity contribution in [3.05, 3.63) is 54.1 Å². The fourth-order valence-electron chi connectivity index (χ4n) is 2.92. The van der Waals surface area contributed by atoms with E-state index in [4.69, 9.17) is 4.74 Å². The topological polar surface area (TPSA) is 35.0 Å². The summed E-state index contributed by atoms with van der Waals surface area (Å²) >= 11 is 1.62. The summed E-state index contributed by atoms with van der Waals surface area (Å²) in [5.41, 5.74) is 3.45. The van der Waals surface area contributed by atoms with E-state index in [0.717, 1.165) is 39.9 Å². The van der Waals surface area contributed by atoms with E-state index in [2.05, 4.69) is 60.4 Å². The van der Waals surface area contributed by atoms with Gasteiger partial charge in [-0.2, -0.15) is 0 Å². The SMILES string of the molecule is CCCCCCCCOc1ccc(-c2nnc(-c3ccc(C)cc3)s2)cc1. The summed E-state index contributed by atoms with van der Waals surface area (Å²) in [7, 11) is 0. The van der Waals surface area contributed by atoms with Crippen molar-refractivity contribution in [2.45, 2.75) is 52.4 Å². The molecule has 0 radical (unpaired) electrons. The molecule has 3 rings (SSSR count). The van der Waals surface area contributed by atoms with Gasteiger partial charge in [0.25, 0.3) is 0 Å². The highest BCUT2D eigenvalue weighted by Crippen LogP contribution is 2.30. The van der Waals surface area contributed by atoms with Gasteiger partial charge < -0.3 is 4.74 Å². The maximum Gasteiger partial charge on any atom is 0.148 e. The Bertz CT molecular complexity index is 809. The van der Waals surface area contributed by atoms with Crippen LogP contribution in [0.5, 0.6) is 5.75 Å². The molecule has 0 N–H and O–H groups in total. The number of hydrogen-bond acceptors (Lipinski definition) is 4. The normalized spacial score (nSPS) is 10.9. The van der Waals surface area contributed by atoms with E-state index in [0.29, 0.717) is 0 Å². The van der Waals surface area contributed by atoms with Crippen LogP contribution in [0.2, 0.25) is 0 Å². The molecular weight excluding hydrogens is 352 g/mol. The highest BCUT2D eigenvalue weighted by molar-refractivity contribution is 7.17. The van der Waals surface area contributed by atoms with Crippen molar-refractivity contribution < 1.29 is 4.74 Å². The second kappa shape index (κ2) is 10.2. The maximum absolute atomic E-state index is 5.86. The van der Waals surface area contributed by atoms with Gasteiger partial charge in [-0.1, -0.05) is 80.2 Å². The van der Waals surface area contributed by atoms with Gasteiger partial charge in [0.15, 0.2) is 0 Å². The lowest BCUT2D eigenvalue weighted by Crippen LogP contribution is -1.97. The number of benzene rings is 2. The number of ether oxygens (including phenoxy) is 1. The van der Waals surface area contributed by atoms with E-state index in [-0.39, 0.29) is 0 Å². The average molecular weight is 381 g/mol. The second-order valence-electron chi connectivity index (χ2n) is 6.92. The summed E-state index contributed by atoms with van der Waals surface area (Å²) in [6, 6.07) is 16.6. The Labute approximate surface area is 166 Å². The van der Waals surface area contributed by atoms with E-state index in [1.165, 1.54) is 37.7 Å². The van der Waals surface area contributed by atoms with E-state index < -0.39 is 0 Å². The van der Waals surface area contributed by atoms with Gasteiger partial charge in [-0.05, 0) is 37.6 Å². The predicted octanol–water partition coefficient (Wildman–Crippen LogP) is 6.92. The Kier molecular flexibility index (Phi) is 7.40. The van der Waals surface area contributed by atoms with Crippen molar-refractivity contribution in [2.24, 2.45) is 0 Å². The number of aromatic nitrogens is 2. The van der Waals surface area contributed by atoms with Crippen molar-refractivity contribution in [3.8, 4) is 26.9 Å². The van der Waals surface area contributed by atoms with Crippen LogP contribution >= 0.6 is 11.3 Å². The zero-order chi connectivity index (χ0) is 18.9. The molecule has 0 saturated heterocycles. The van der Waals surface area contributed by atoms with Gasteiger partial charge in [0, 0.05) is 11.1 Å². The lowest BCUT2D eigenvalue weighted by Gasteiger charge is -2.06. The Hall–Kier alpha value is -2.20. The van der Waals surface area contributed by atoms with E-state index in [1.54, 1.807) is 11.3 Å². The van der Waals surface area contributed by atoms with E-state index in [1.807, 2.05) is 12.1 Å². The number of aryl methyl sites for hydroxylation is 1. The van der Waals surface area contributed by atoms with Crippen LogP contribution < -0.4 is 4.74 Å². The zero-order valence-corrected chi connectivity index (χ0v) is 17.1. The van der Waals surface area contributed by atoms with Crippen molar-refractivity contribution in [1.29, 1.82) is 0 Å². The third-order valence-corrected chi connectivity index (χ3v) is 5.61. The van der Waals surface area contributed by atoms with Crippen LogP contribution in [0.4, 0.5) is 0 Å². The molecule has 0 spiro atoms. The summed E-state index contributed by atoms with van der Waals surface area (Å²) < 4.78 is 5.86. The first kappa shape index (κ1) is 19.6. The first-order valence-electron chi connectivity index (χ1n) is 9.90. The number of unbranched alkanes of at least 4 members (excludes halogenated alkanes) is 5. The molecule has 1 aromatic heterocycles. The molecule has 3 nitrogen and oxygen atoms in total. The van der Waals surface area contributed by atoms with Gasteiger partial charge in [0.05, 0.1) is 6.61 Å². The van der Waals surface area contributed by atoms with Gasteiger partial charge in [-0.25, -0.2) is 0 Å². The molecule has 0 fully saturated rings. The third kappa shape index (κ3) is 5.90. The Balaban J connectivity index is 1.51. The quantitative estimate of drug-likeness (QED) is 0.358. The second-order valence-corrected chi connectivity index (χ2v) is 7.90. The summed E-state index contributed by atoms with van der Waals surface area (Å²) in [5.74, 6) is 0.926. The first-order chi connectivity index (χ1) is 13.3. The first-order valence-corrected chi connectivity index (χ1v) is 10.7. The molecule has 142 valence electrons. The smallest absolute Gasteiger partial charge is 0.148 e. The van der Waals surface area contributed by atoms with Gasteiger partial charge in [-0.3, -0.25) is 0 Å². The lowest BCUT2D eigenvalue weighted by molar-refractivity contribution is 0.304.